The van der Waals surface area contributed by atoms with Crippen LogP contribution in [-0.4, -0.2) is 71.7 Å². The molecule has 0 fully saturated rings. The van der Waals surface area contributed by atoms with Crippen molar-refractivity contribution >= 4 is 11.9 Å². The molecule has 0 spiro atoms. The van der Waals surface area contributed by atoms with Gasteiger partial charge in [0.05, 0.1) is 0 Å². The van der Waals surface area contributed by atoms with Crippen LogP contribution in [0.25, 0.3) is 0 Å². The minimum atomic E-state index is -8.37. The molecule has 0 N–H and O–H groups in total. The van der Waals surface area contributed by atoms with E-state index >= 15 is 0 Å². The summed E-state index contributed by atoms with van der Waals surface area (Å²) in [6.07, 6.45) is -15.6. The van der Waals surface area contributed by atoms with Crippen LogP contribution >= 0.6 is 0 Å². The van der Waals surface area contributed by atoms with Gasteiger partial charge in [-0.1, -0.05) is 0 Å². The molecule has 0 aliphatic rings. The van der Waals surface area contributed by atoms with Crippen LogP contribution in [0.3, 0.4) is 0 Å². The number of rotatable bonds is 8. The molecule has 0 heterocycles. The second-order valence-electron chi connectivity index (χ2n) is 6.33. The summed E-state index contributed by atoms with van der Waals surface area (Å²) in [7, 11) is 0. The summed E-state index contributed by atoms with van der Waals surface area (Å²) in [5.74, 6) is -75.1. The van der Waals surface area contributed by atoms with Gasteiger partial charge in [0.25, 0.3) is 0 Å². The second-order valence-corrected chi connectivity index (χ2v) is 6.33. The van der Waals surface area contributed by atoms with Crippen LogP contribution in [0, 0.1) is 0 Å². The van der Waals surface area contributed by atoms with E-state index < -0.39 is 71.7 Å². The molecule has 0 atom stereocenters. The van der Waals surface area contributed by atoms with Gasteiger partial charge < -0.3 is 0 Å². The quantitative estimate of drug-likeness (QED) is 0.183. The summed E-state index contributed by atoms with van der Waals surface area (Å²) < 4.78 is 278. The van der Waals surface area contributed by atoms with E-state index in [-0.39, 0.29) is 0 Å². The Kier molecular flexibility index (Phi) is 8.36. The van der Waals surface area contributed by atoms with Crippen molar-refractivity contribution in [1.82, 2.24) is 0 Å². The fourth-order valence-electron chi connectivity index (χ4n) is 1.58. The maximum Gasteiger partial charge on any atom is 0.460 e. The molecule has 4 nitrogen and oxygen atoms in total. The second kappa shape index (κ2) is 8.97. The third-order valence-corrected chi connectivity index (χ3v) is 3.78. The highest BCUT2D eigenvalue weighted by Crippen LogP contribution is 2.59. The molecule has 0 aromatic carbocycles. The Morgan fingerprint density at radius 1 is 0.316 bits per heavy atom. The van der Waals surface area contributed by atoms with Crippen molar-refractivity contribution in [3.63, 3.8) is 0 Å². The molecule has 0 radical (unpaired) electrons. The number of hydrogen-bond acceptors (Lipinski definition) is 4. The molecule has 0 aromatic heterocycles. The van der Waals surface area contributed by atoms with Gasteiger partial charge in [-0.2, -0.15) is 96.6 Å². The Bertz CT molecular complexity index is 836. The summed E-state index contributed by atoms with van der Waals surface area (Å²) in [4.78, 5) is 25.0. The lowest BCUT2D eigenvalue weighted by Crippen LogP contribution is -2.68. The highest BCUT2D eigenvalue weighted by Gasteiger charge is 2.90. The summed E-state index contributed by atoms with van der Waals surface area (Å²) in [5.41, 5.74) is 0. The minimum absolute atomic E-state index is 1.85. The van der Waals surface area contributed by atoms with Gasteiger partial charge in [0.1, 0.15) is 0 Å². The third-order valence-electron chi connectivity index (χ3n) is 3.78. The third kappa shape index (κ3) is 4.70. The lowest BCUT2D eigenvalue weighted by molar-refractivity contribution is -0.424. The van der Waals surface area contributed by atoms with E-state index in [1.54, 1.807) is 0 Å². The topological polar surface area (TPSA) is 52.6 Å². The maximum atomic E-state index is 13.2. The van der Waals surface area contributed by atoms with Gasteiger partial charge in [0.2, 0.25) is 0 Å². The zero-order valence-corrected chi connectivity index (χ0v) is 15.9. The molecule has 226 valence electrons. The first-order chi connectivity index (χ1) is 16.0. The molecule has 0 saturated carbocycles. The lowest BCUT2D eigenvalue weighted by atomic mass is 9.98. The molecule has 38 heavy (non-hydrogen) atoms. The Morgan fingerprint density at radius 3 is 0.658 bits per heavy atom. The first kappa shape index (κ1) is 35.4. The summed E-state index contributed by atoms with van der Waals surface area (Å²) in [5, 5.41) is 0. The summed E-state index contributed by atoms with van der Waals surface area (Å²) >= 11 is 0. The smallest absolute Gasteiger partial charge is 0.240 e. The first-order valence-electron chi connectivity index (χ1n) is 7.64. The normalized spacial score (nSPS) is 15.8. The molecular formula is C12F22O4. The fraction of sp³-hybridized carbons (Fsp3) is 0.833. The van der Waals surface area contributed by atoms with Crippen molar-refractivity contribution in [1.29, 1.82) is 0 Å². The Morgan fingerprint density at radius 2 is 0.500 bits per heavy atom. The molecule has 0 amide bonds. The van der Waals surface area contributed by atoms with Crippen LogP contribution in [-0.2, 0) is 19.4 Å². The minimum Gasteiger partial charge on any atom is -0.240 e. The van der Waals surface area contributed by atoms with Gasteiger partial charge in [-0.05, 0) is 0 Å². The van der Waals surface area contributed by atoms with Crippen LogP contribution in [0.5, 0.6) is 0 Å². The Labute approximate surface area is 189 Å². The van der Waals surface area contributed by atoms with Crippen molar-refractivity contribution in [2.45, 2.75) is 59.7 Å². The predicted octanol–water partition coefficient (Wildman–Crippen LogP) is 6.19. The first-order valence-corrected chi connectivity index (χ1v) is 7.64. The van der Waals surface area contributed by atoms with Gasteiger partial charge in [0, 0.05) is 0 Å². The van der Waals surface area contributed by atoms with Crippen LogP contribution in [0.1, 0.15) is 0 Å². The van der Waals surface area contributed by atoms with Gasteiger partial charge in [-0.15, -0.1) is 0 Å². The molecule has 0 saturated heterocycles. The SMILES string of the molecule is O=C(OOC(=O)C(F)(F)C(F)(F)C(F)(F)C(F)(F)C(F)(F)F)C(F)(F)C(F)(F)C(F)(F)C(F)(F)C(F)(F)F. The Hall–Kier alpha value is -2.60. The molecule has 0 rings (SSSR count). The molecule has 0 unspecified atom stereocenters. The van der Waals surface area contributed by atoms with Gasteiger partial charge >= 0.3 is 71.7 Å². The average molecular weight is 626 g/mol. The van der Waals surface area contributed by atoms with Gasteiger partial charge in [-0.25, -0.2) is 19.4 Å². The van der Waals surface area contributed by atoms with E-state index in [1.165, 1.54) is 0 Å². The highest BCUT2D eigenvalue weighted by molar-refractivity contribution is 5.82. The fourth-order valence-corrected chi connectivity index (χ4v) is 1.58. The molecule has 0 bridgehead atoms. The molecule has 26 heteroatoms. The predicted molar refractivity (Wildman–Crippen MR) is 63.9 cm³/mol. The molecule has 0 aliphatic carbocycles. The lowest BCUT2D eigenvalue weighted by Gasteiger charge is -2.36. The van der Waals surface area contributed by atoms with Crippen LogP contribution < -0.4 is 0 Å². The van der Waals surface area contributed by atoms with Crippen molar-refractivity contribution in [3.8, 4) is 0 Å². The van der Waals surface area contributed by atoms with Crippen LogP contribution in [0.15, 0.2) is 0 Å². The number of alkyl halides is 22. The number of halogens is 22. The van der Waals surface area contributed by atoms with Crippen molar-refractivity contribution in [2.24, 2.45) is 0 Å². The monoisotopic (exact) mass is 626 g/mol. The zero-order valence-electron chi connectivity index (χ0n) is 15.9. The van der Waals surface area contributed by atoms with E-state index in [0.29, 0.717) is 0 Å². The van der Waals surface area contributed by atoms with Crippen molar-refractivity contribution in [3.05, 3.63) is 0 Å². The van der Waals surface area contributed by atoms with E-state index in [1.807, 2.05) is 9.78 Å². The van der Waals surface area contributed by atoms with Crippen molar-refractivity contribution in [2.75, 3.05) is 0 Å². The summed E-state index contributed by atoms with van der Waals surface area (Å²) in [6.45, 7) is 0. The van der Waals surface area contributed by atoms with Gasteiger partial charge in [0.15, 0.2) is 0 Å². The Balaban J connectivity index is 6.17. The number of carbonyl (C=O) groups is 2. The van der Waals surface area contributed by atoms with Crippen LogP contribution in [0.4, 0.5) is 96.6 Å². The molecular weight excluding hydrogens is 626 g/mol. The number of carbonyl (C=O) groups excluding carboxylic acids is 2. The highest BCUT2D eigenvalue weighted by atomic mass is 19.4. The standard InChI is InChI=1S/C12F22O4/c13-3(14,5(17,18)7(21,22)9(25,26)11(29,30)31)1(35)37-38-2(36)4(15,16)6(19,20)8(23,24)10(27,28)12(32,33)34. The number of hydrogen-bond donors (Lipinski definition) is 0. The van der Waals surface area contributed by atoms with Gasteiger partial charge in [-0.3, -0.25) is 0 Å². The van der Waals surface area contributed by atoms with E-state index in [9.17, 15) is 106 Å². The van der Waals surface area contributed by atoms with E-state index in [4.69, 9.17) is 0 Å². The largest absolute Gasteiger partial charge is 0.460 e. The van der Waals surface area contributed by atoms with E-state index in [2.05, 4.69) is 0 Å². The molecule has 0 aromatic rings. The van der Waals surface area contributed by atoms with Crippen LogP contribution in [0.2, 0.25) is 0 Å². The van der Waals surface area contributed by atoms with E-state index in [0.717, 1.165) is 0 Å². The maximum absolute atomic E-state index is 13.2. The average Bonchev–Trinajstić information content (AvgIpc) is 2.68. The molecule has 0 aliphatic heterocycles. The summed E-state index contributed by atoms with van der Waals surface area (Å²) in [6, 6.07) is 0. The van der Waals surface area contributed by atoms with Crippen molar-refractivity contribution < 1.29 is 116 Å². The zero-order chi connectivity index (χ0) is 31.6.